The third kappa shape index (κ3) is 4.02. The van der Waals surface area contributed by atoms with Crippen LogP contribution in [-0.2, 0) is 0 Å². The maximum atomic E-state index is 14.1. The van der Waals surface area contributed by atoms with Gasteiger partial charge in [0.25, 0.3) is 0 Å². The van der Waals surface area contributed by atoms with Crippen LogP contribution in [0.1, 0.15) is 23.7 Å². The minimum absolute atomic E-state index is 0.208. The fraction of sp³-hybridized carbons (Fsp3) is 0.310. The third-order valence-corrected chi connectivity index (χ3v) is 7.41. The van der Waals surface area contributed by atoms with Gasteiger partial charge in [-0.1, -0.05) is 19.1 Å². The first-order valence-corrected chi connectivity index (χ1v) is 12.3. The van der Waals surface area contributed by atoms with E-state index in [-0.39, 0.29) is 11.9 Å². The minimum Gasteiger partial charge on any atom is -0.354 e. The number of nitrogens with zero attached hydrogens (tertiary/aromatic N) is 5. The van der Waals surface area contributed by atoms with Crippen LogP contribution >= 0.6 is 0 Å². The van der Waals surface area contributed by atoms with E-state index in [0.717, 1.165) is 65.4 Å². The van der Waals surface area contributed by atoms with Crippen molar-refractivity contribution in [2.24, 2.45) is 5.92 Å². The van der Waals surface area contributed by atoms with Crippen molar-refractivity contribution in [3.05, 3.63) is 89.7 Å². The van der Waals surface area contributed by atoms with Crippen molar-refractivity contribution in [2.75, 3.05) is 38.1 Å². The summed E-state index contributed by atoms with van der Waals surface area (Å²) in [4.78, 5) is 16.4. The molecule has 1 fully saturated rings. The van der Waals surface area contributed by atoms with Gasteiger partial charge in [0.15, 0.2) is 0 Å². The molecule has 0 saturated carbocycles. The van der Waals surface area contributed by atoms with Gasteiger partial charge in [-0.15, -0.1) is 0 Å². The van der Waals surface area contributed by atoms with Gasteiger partial charge in [-0.2, -0.15) is 0 Å². The van der Waals surface area contributed by atoms with Crippen LogP contribution in [0.25, 0.3) is 22.2 Å². The van der Waals surface area contributed by atoms with E-state index in [9.17, 15) is 4.39 Å². The summed E-state index contributed by atoms with van der Waals surface area (Å²) in [6.45, 7) is 8.40. The molecule has 5 heterocycles. The fourth-order valence-corrected chi connectivity index (χ4v) is 5.40. The van der Waals surface area contributed by atoms with Crippen molar-refractivity contribution < 1.29 is 4.39 Å². The SMILES string of the molecule is Cc1cc(C2=CC(C)C3C=C(c4ccc(N5CCN(C)CC5)nc4)C=CN23)c2cc(F)ccc2n1. The molecule has 6 rings (SSSR count). The molecule has 3 aliphatic rings. The van der Waals surface area contributed by atoms with Crippen LogP contribution in [0.3, 0.4) is 0 Å². The number of rotatable bonds is 3. The summed E-state index contributed by atoms with van der Waals surface area (Å²) in [6.07, 6.45) is 10.9. The highest BCUT2D eigenvalue weighted by Crippen LogP contribution is 2.41. The Bertz CT molecular complexity index is 1370. The minimum atomic E-state index is -0.239. The molecule has 0 aliphatic carbocycles. The van der Waals surface area contributed by atoms with E-state index in [1.165, 1.54) is 11.6 Å². The molecular weight excluding hydrogens is 437 g/mol. The van der Waals surface area contributed by atoms with Crippen molar-refractivity contribution >= 4 is 28.0 Å². The lowest BCUT2D eigenvalue weighted by Gasteiger charge is -2.33. The lowest BCUT2D eigenvalue weighted by Crippen LogP contribution is -2.44. The van der Waals surface area contributed by atoms with Crippen molar-refractivity contribution in [1.29, 1.82) is 0 Å². The van der Waals surface area contributed by atoms with Crippen molar-refractivity contribution in [3.63, 3.8) is 0 Å². The molecular formula is C29H30FN5. The molecule has 0 N–H and O–H groups in total. The first-order chi connectivity index (χ1) is 17.0. The largest absolute Gasteiger partial charge is 0.354 e. The summed E-state index contributed by atoms with van der Waals surface area (Å²) < 4.78 is 14.1. The molecule has 2 atom stereocenters. The topological polar surface area (TPSA) is 35.5 Å². The molecule has 1 aromatic carbocycles. The molecule has 3 aromatic rings. The fourth-order valence-electron chi connectivity index (χ4n) is 5.40. The Kier molecular flexibility index (Phi) is 5.41. The van der Waals surface area contributed by atoms with Crippen LogP contribution in [0.2, 0.25) is 0 Å². The van der Waals surface area contributed by atoms with Gasteiger partial charge in [0.1, 0.15) is 11.6 Å². The molecule has 0 spiro atoms. The molecule has 178 valence electrons. The number of halogens is 1. The Morgan fingerprint density at radius 2 is 1.83 bits per heavy atom. The highest BCUT2D eigenvalue weighted by atomic mass is 19.1. The van der Waals surface area contributed by atoms with Gasteiger partial charge in [0.05, 0.1) is 11.6 Å². The molecule has 2 unspecified atom stereocenters. The quantitative estimate of drug-likeness (QED) is 0.536. The number of pyridine rings is 2. The summed E-state index contributed by atoms with van der Waals surface area (Å²) in [5.74, 6) is 1.13. The molecule has 0 radical (unpaired) electrons. The molecule has 35 heavy (non-hydrogen) atoms. The van der Waals surface area contributed by atoms with E-state index >= 15 is 0 Å². The summed E-state index contributed by atoms with van der Waals surface area (Å²) in [7, 11) is 2.17. The van der Waals surface area contributed by atoms with Gasteiger partial charge in [-0.3, -0.25) is 4.98 Å². The highest BCUT2D eigenvalue weighted by Gasteiger charge is 2.33. The Labute approximate surface area is 205 Å². The molecule has 2 aromatic heterocycles. The van der Waals surface area contributed by atoms with Gasteiger partial charge >= 0.3 is 0 Å². The number of likely N-dealkylation sites (N-methyl/N-ethyl adjacent to an activating group) is 1. The summed E-state index contributed by atoms with van der Waals surface area (Å²) in [6, 6.07) is 11.4. The Hall–Kier alpha value is -3.51. The Morgan fingerprint density at radius 3 is 2.60 bits per heavy atom. The van der Waals surface area contributed by atoms with Crippen LogP contribution in [0.5, 0.6) is 0 Å². The number of aromatic nitrogens is 2. The first kappa shape index (κ1) is 22.0. The predicted molar refractivity (Wildman–Crippen MR) is 140 cm³/mol. The first-order valence-electron chi connectivity index (χ1n) is 12.3. The van der Waals surface area contributed by atoms with Crippen molar-refractivity contribution in [1.82, 2.24) is 19.8 Å². The van der Waals surface area contributed by atoms with Gasteiger partial charge in [-0.05, 0) is 67.6 Å². The summed E-state index contributed by atoms with van der Waals surface area (Å²) >= 11 is 0. The van der Waals surface area contributed by atoms with E-state index in [1.807, 2.05) is 13.1 Å². The maximum Gasteiger partial charge on any atom is 0.128 e. The van der Waals surface area contributed by atoms with Gasteiger partial charge in [0, 0.05) is 66.8 Å². The molecule has 3 aliphatic heterocycles. The average molecular weight is 468 g/mol. The van der Waals surface area contributed by atoms with Gasteiger partial charge in [0.2, 0.25) is 0 Å². The van der Waals surface area contributed by atoms with Crippen LogP contribution in [0, 0.1) is 18.7 Å². The molecule has 0 bridgehead atoms. The van der Waals surface area contributed by atoms with E-state index in [4.69, 9.17) is 4.98 Å². The van der Waals surface area contributed by atoms with Crippen LogP contribution < -0.4 is 4.90 Å². The second kappa shape index (κ2) is 8.61. The van der Waals surface area contributed by atoms with E-state index in [1.54, 1.807) is 12.1 Å². The average Bonchev–Trinajstić information content (AvgIpc) is 3.20. The van der Waals surface area contributed by atoms with Gasteiger partial charge in [-0.25, -0.2) is 9.37 Å². The predicted octanol–water partition coefficient (Wildman–Crippen LogP) is 5.10. The standard InChI is InChI=1S/C29H30FN5/c1-19-14-28(25-15-20(2)32-26-6-5-23(30)17-24(25)26)35-9-8-21(16-27(19)35)22-4-7-29(31-18-22)34-12-10-33(3)11-13-34/h4-9,14-19,27H,10-13H2,1-3H3. The smallest absolute Gasteiger partial charge is 0.128 e. The van der Waals surface area contributed by atoms with E-state index < -0.39 is 0 Å². The summed E-state index contributed by atoms with van der Waals surface area (Å²) in [5.41, 5.74) is 6.21. The molecule has 1 saturated heterocycles. The lowest BCUT2D eigenvalue weighted by molar-refractivity contribution is 0.312. The van der Waals surface area contributed by atoms with Crippen molar-refractivity contribution in [3.8, 4) is 0 Å². The number of benzene rings is 1. The second-order valence-corrected chi connectivity index (χ2v) is 9.91. The lowest BCUT2D eigenvalue weighted by atomic mass is 9.96. The number of fused-ring (bicyclic) bond motifs is 2. The molecule has 5 nitrogen and oxygen atoms in total. The maximum absolute atomic E-state index is 14.1. The zero-order chi connectivity index (χ0) is 24.1. The van der Waals surface area contributed by atoms with Crippen LogP contribution in [-0.4, -0.2) is 59.0 Å². The number of anilines is 1. The zero-order valence-corrected chi connectivity index (χ0v) is 20.4. The van der Waals surface area contributed by atoms with Crippen LogP contribution in [0.15, 0.2) is 67.0 Å². The third-order valence-electron chi connectivity index (χ3n) is 7.41. The number of aryl methyl sites for hydroxylation is 1. The zero-order valence-electron chi connectivity index (χ0n) is 20.4. The van der Waals surface area contributed by atoms with Crippen molar-refractivity contribution in [2.45, 2.75) is 19.9 Å². The van der Waals surface area contributed by atoms with E-state index in [2.05, 4.69) is 76.3 Å². The Balaban J connectivity index is 1.27. The number of piperazine rings is 1. The number of hydrogen-bond donors (Lipinski definition) is 0. The van der Waals surface area contributed by atoms with Crippen LogP contribution in [0.4, 0.5) is 10.2 Å². The molecule has 6 heteroatoms. The second-order valence-electron chi connectivity index (χ2n) is 9.91. The number of hydrogen-bond acceptors (Lipinski definition) is 5. The summed E-state index contributed by atoms with van der Waals surface area (Å²) in [5, 5.41) is 0.849. The monoisotopic (exact) mass is 467 g/mol. The molecule has 0 amide bonds. The number of allylic oxidation sites excluding steroid dienone is 2. The van der Waals surface area contributed by atoms with Gasteiger partial charge < -0.3 is 14.7 Å². The van der Waals surface area contributed by atoms with E-state index in [0.29, 0.717) is 5.92 Å². The normalized spacial score (nSPS) is 22.4. The highest BCUT2D eigenvalue weighted by molar-refractivity contribution is 5.93. The Morgan fingerprint density at radius 1 is 1.00 bits per heavy atom.